The topological polar surface area (TPSA) is 68.5 Å². The number of carbonyl (C=O) groups is 2. The van der Waals surface area contributed by atoms with Crippen LogP contribution < -0.4 is 5.32 Å². The zero-order valence-corrected chi connectivity index (χ0v) is 12.8. The van der Waals surface area contributed by atoms with Crippen LogP contribution in [0.5, 0.6) is 0 Å². The van der Waals surface area contributed by atoms with E-state index in [0.29, 0.717) is 16.8 Å². The van der Waals surface area contributed by atoms with Crippen molar-refractivity contribution < 1.29 is 18.7 Å². The van der Waals surface area contributed by atoms with E-state index in [-0.39, 0.29) is 11.7 Å². The molecule has 3 rings (SSSR count). The van der Waals surface area contributed by atoms with Gasteiger partial charge in [-0.2, -0.15) is 0 Å². The van der Waals surface area contributed by atoms with Crippen LogP contribution in [0.25, 0.3) is 11.0 Å². The van der Waals surface area contributed by atoms with Crippen molar-refractivity contribution in [3.05, 3.63) is 65.4 Å². The number of esters is 1. The number of carbonyl (C=O) groups excluding carboxylic acids is 2. The molecule has 1 N–H and O–H groups in total. The Labute approximate surface area is 132 Å². The van der Waals surface area contributed by atoms with E-state index in [4.69, 9.17) is 9.15 Å². The Morgan fingerprint density at radius 1 is 1.09 bits per heavy atom. The van der Waals surface area contributed by atoms with Crippen molar-refractivity contribution in [3.63, 3.8) is 0 Å². The molecule has 0 unspecified atom stereocenters. The van der Waals surface area contributed by atoms with Gasteiger partial charge in [0.15, 0.2) is 5.76 Å². The number of benzene rings is 2. The number of methoxy groups -OCH3 is 1. The Kier molecular flexibility index (Phi) is 3.85. The van der Waals surface area contributed by atoms with Crippen molar-refractivity contribution in [2.24, 2.45) is 0 Å². The Morgan fingerprint density at radius 3 is 2.61 bits per heavy atom. The number of anilines is 1. The molecule has 1 aromatic heterocycles. The summed E-state index contributed by atoms with van der Waals surface area (Å²) in [7, 11) is 1.31. The highest BCUT2D eigenvalue weighted by atomic mass is 16.5. The van der Waals surface area contributed by atoms with Crippen molar-refractivity contribution in [1.29, 1.82) is 0 Å². The normalized spacial score (nSPS) is 10.5. The quantitative estimate of drug-likeness (QED) is 0.748. The molecular weight excluding hydrogens is 294 g/mol. The first-order chi connectivity index (χ1) is 11.1. The molecular formula is C18H15NO4. The number of aryl methyl sites for hydroxylation is 1. The molecule has 0 aliphatic carbocycles. The standard InChI is InChI=1S/C18H15NO4/c1-11-7-8-13(18(21)22-2)9-14(11)19-17(20)16-10-12-5-3-4-6-15(12)23-16/h3-10H,1-2H3,(H,19,20). The summed E-state index contributed by atoms with van der Waals surface area (Å²) in [5, 5.41) is 3.63. The van der Waals surface area contributed by atoms with Gasteiger partial charge in [-0.3, -0.25) is 4.79 Å². The largest absolute Gasteiger partial charge is 0.465 e. The molecule has 0 fully saturated rings. The summed E-state index contributed by atoms with van der Waals surface area (Å²) in [4.78, 5) is 24.0. The lowest BCUT2D eigenvalue weighted by Crippen LogP contribution is -2.13. The minimum Gasteiger partial charge on any atom is -0.465 e. The summed E-state index contributed by atoms with van der Waals surface area (Å²) in [5.74, 6) is -0.607. The van der Waals surface area contributed by atoms with Gasteiger partial charge in [0.1, 0.15) is 5.58 Å². The maximum absolute atomic E-state index is 12.4. The maximum Gasteiger partial charge on any atom is 0.337 e. The predicted molar refractivity (Wildman–Crippen MR) is 86.7 cm³/mol. The highest BCUT2D eigenvalue weighted by molar-refractivity contribution is 6.05. The molecule has 1 heterocycles. The van der Waals surface area contributed by atoms with E-state index in [0.717, 1.165) is 10.9 Å². The van der Waals surface area contributed by atoms with Crippen molar-refractivity contribution in [2.45, 2.75) is 6.92 Å². The highest BCUT2D eigenvalue weighted by Crippen LogP contribution is 2.22. The summed E-state index contributed by atoms with van der Waals surface area (Å²) in [6.45, 7) is 1.84. The molecule has 0 saturated heterocycles. The smallest absolute Gasteiger partial charge is 0.337 e. The monoisotopic (exact) mass is 309 g/mol. The number of hydrogen-bond acceptors (Lipinski definition) is 4. The minimum absolute atomic E-state index is 0.217. The molecule has 0 spiro atoms. The molecule has 1 amide bonds. The first-order valence-electron chi connectivity index (χ1n) is 7.07. The van der Waals surface area contributed by atoms with Crippen LogP contribution in [0.3, 0.4) is 0 Å². The summed E-state index contributed by atoms with van der Waals surface area (Å²) in [6, 6.07) is 14.1. The number of nitrogens with one attached hydrogen (secondary N) is 1. The molecule has 0 saturated carbocycles. The van der Waals surface area contributed by atoms with Crippen LogP contribution in [0, 0.1) is 6.92 Å². The van der Waals surface area contributed by atoms with Gasteiger partial charge in [0.25, 0.3) is 5.91 Å². The fourth-order valence-corrected chi connectivity index (χ4v) is 2.28. The van der Waals surface area contributed by atoms with Crippen LogP contribution in [0.1, 0.15) is 26.5 Å². The Hall–Kier alpha value is -3.08. The number of fused-ring (bicyclic) bond motifs is 1. The number of hydrogen-bond donors (Lipinski definition) is 1. The Bertz CT molecular complexity index is 862. The van der Waals surface area contributed by atoms with E-state index < -0.39 is 5.97 Å². The van der Waals surface area contributed by atoms with E-state index in [1.807, 2.05) is 25.1 Å². The average Bonchev–Trinajstić information content (AvgIpc) is 3.00. The highest BCUT2D eigenvalue weighted by Gasteiger charge is 2.15. The van der Waals surface area contributed by atoms with Crippen LogP contribution in [-0.2, 0) is 4.74 Å². The maximum atomic E-state index is 12.4. The minimum atomic E-state index is -0.454. The molecule has 0 bridgehead atoms. The number of rotatable bonds is 3. The second kappa shape index (κ2) is 5.96. The van der Waals surface area contributed by atoms with E-state index in [1.165, 1.54) is 7.11 Å². The van der Waals surface area contributed by atoms with E-state index >= 15 is 0 Å². The molecule has 3 aromatic rings. The van der Waals surface area contributed by atoms with Crippen LogP contribution in [-0.4, -0.2) is 19.0 Å². The van der Waals surface area contributed by atoms with Gasteiger partial charge >= 0.3 is 5.97 Å². The molecule has 5 nitrogen and oxygen atoms in total. The van der Waals surface area contributed by atoms with Crippen LogP contribution >= 0.6 is 0 Å². The SMILES string of the molecule is COC(=O)c1ccc(C)c(NC(=O)c2cc3ccccc3o2)c1. The molecule has 5 heteroatoms. The van der Waals surface area contributed by atoms with Crippen molar-refractivity contribution in [3.8, 4) is 0 Å². The fraction of sp³-hybridized carbons (Fsp3) is 0.111. The van der Waals surface area contributed by atoms with Crippen LogP contribution in [0.15, 0.2) is 52.9 Å². The Balaban J connectivity index is 1.88. The van der Waals surface area contributed by atoms with Crippen LogP contribution in [0.4, 0.5) is 5.69 Å². The molecule has 23 heavy (non-hydrogen) atoms. The van der Waals surface area contributed by atoms with E-state index in [9.17, 15) is 9.59 Å². The first-order valence-corrected chi connectivity index (χ1v) is 7.07. The predicted octanol–water partition coefficient (Wildman–Crippen LogP) is 3.78. The third-order valence-electron chi connectivity index (χ3n) is 3.56. The molecule has 0 aliphatic rings. The zero-order valence-electron chi connectivity index (χ0n) is 12.8. The molecule has 0 atom stereocenters. The lowest BCUT2D eigenvalue weighted by atomic mass is 10.1. The first kappa shape index (κ1) is 14.8. The lowest BCUT2D eigenvalue weighted by Gasteiger charge is -2.08. The van der Waals surface area contributed by atoms with E-state index in [1.54, 1.807) is 30.3 Å². The zero-order chi connectivity index (χ0) is 16.4. The van der Waals surface area contributed by atoms with Gasteiger partial charge in [-0.15, -0.1) is 0 Å². The second-order valence-corrected chi connectivity index (χ2v) is 5.12. The average molecular weight is 309 g/mol. The van der Waals surface area contributed by atoms with E-state index in [2.05, 4.69) is 5.32 Å². The summed E-state index contributed by atoms with van der Waals surface area (Å²) in [5.41, 5.74) is 2.40. The lowest BCUT2D eigenvalue weighted by molar-refractivity contribution is 0.0600. The third-order valence-corrected chi connectivity index (χ3v) is 3.56. The van der Waals surface area contributed by atoms with Crippen LogP contribution in [0.2, 0.25) is 0 Å². The number of para-hydroxylation sites is 1. The Morgan fingerprint density at radius 2 is 1.87 bits per heavy atom. The summed E-state index contributed by atoms with van der Waals surface area (Å²) >= 11 is 0. The van der Waals surface area contributed by atoms with Crippen molar-refractivity contribution in [2.75, 3.05) is 12.4 Å². The van der Waals surface area contributed by atoms with Gasteiger partial charge in [0, 0.05) is 11.1 Å². The van der Waals surface area contributed by atoms with Gasteiger partial charge < -0.3 is 14.5 Å². The third kappa shape index (κ3) is 2.94. The molecule has 2 aromatic carbocycles. The van der Waals surface area contributed by atoms with Gasteiger partial charge in [-0.05, 0) is 36.8 Å². The molecule has 0 aliphatic heterocycles. The van der Waals surface area contributed by atoms with Gasteiger partial charge in [0.2, 0.25) is 0 Å². The molecule has 116 valence electrons. The molecule has 0 radical (unpaired) electrons. The number of amides is 1. The number of ether oxygens (including phenoxy) is 1. The van der Waals surface area contributed by atoms with Crippen molar-refractivity contribution in [1.82, 2.24) is 0 Å². The van der Waals surface area contributed by atoms with Gasteiger partial charge in [0.05, 0.1) is 12.7 Å². The van der Waals surface area contributed by atoms with Gasteiger partial charge in [-0.1, -0.05) is 24.3 Å². The van der Waals surface area contributed by atoms with Gasteiger partial charge in [-0.25, -0.2) is 4.79 Å². The summed E-state index contributed by atoms with van der Waals surface area (Å²) < 4.78 is 10.2. The summed E-state index contributed by atoms with van der Waals surface area (Å²) in [6.07, 6.45) is 0. The number of furan rings is 1. The van der Waals surface area contributed by atoms with Crippen molar-refractivity contribution >= 4 is 28.5 Å². The fourth-order valence-electron chi connectivity index (χ4n) is 2.28. The second-order valence-electron chi connectivity index (χ2n) is 5.12.